The Labute approximate surface area is 325 Å². The Morgan fingerprint density at radius 3 is 1.19 bits per heavy atom. The van der Waals surface area contributed by atoms with Crippen LogP contribution in [-0.4, -0.2) is 48.4 Å². The lowest BCUT2D eigenvalue weighted by Gasteiger charge is -2.56. The van der Waals surface area contributed by atoms with Crippen LogP contribution >= 0.6 is 46.4 Å². The summed E-state index contributed by atoms with van der Waals surface area (Å²) in [6.45, 7) is 4.15. The van der Waals surface area contributed by atoms with Crippen molar-refractivity contribution in [1.82, 2.24) is 0 Å². The van der Waals surface area contributed by atoms with Crippen molar-refractivity contribution in [3.8, 4) is 11.5 Å². The monoisotopic (exact) mass is 776 g/mol. The molecule has 6 nitrogen and oxygen atoms in total. The number of methoxy groups -OCH3 is 2. The molecule has 52 heavy (non-hydrogen) atoms. The van der Waals surface area contributed by atoms with Gasteiger partial charge in [-0.05, 0) is 84.6 Å². The lowest BCUT2D eigenvalue weighted by atomic mass is 9.49. The van der Waals surface area contributed by atoms with E-state index in [1.807, 2.05) is 111 Å². The van der Waals surface area contributed by atoms with E-state index in [1.54, 1.807) is 14.2 Å². The minimum Gasteiger partial charge on any atom is -0.497 e. The molecule has 0 N–H and O–H groups in total. The number of carbonyl (C=O) groups is 1. The highest BCUT2D eigenvalue weighted by atomic mass is 35.5. The number of ether oxygens (including phenoxy) is 3. The highest BCUT2D eigenvalue weighted by Gasteiger charge is 2.70. The number of benzene rings is 5. The fraction of sp³-hybridized carbons (Fsp3) is 0.262. The SMILES string of the molecule is COc1ccc(C(C)(c2ccc(N(C)C)cc2)C2(C(C)(c3ccc(OC)cc3)c3ccc(N(C)C)cc3)OC(=O)c3c(Cl)c(Cl)c(Cl)c(Cl)c32)cc1. The Bertz CT molecular complexity index is 2010. The normalized spacial score (nSPS) is 17.4. The largest absolute Gasteiger partial charge is 0.497 e. The molecule has 1 heterocycles. The summed E-state index contributed by atoms with van der Waals surface area (Å²) in [6.07, 6.45) is 0. The molecule has 0 bridgehead atoms. The van der Waals surface area contributed by atoms with Crippen LogP contribution in [0.25, 0.3) is 0 Å². The summed E-state index contributed by atoms with van der Waals surface area (Å²) in [5, 5.41) is 0.0434. The standard InChI is InChI=1S/C42H40Cl4N2O4/c1-40(27-13-21-31(50-7)22-14-27,25-9-17-29(18-10-25)47(3)4)42(34-33(39(49)52-42)35(43)37(45)38(46)36(34)44)41(2,28-15-23-32(51-8)24-16-28)26-11-19-30(20-12-26)48(5)6/h9-24H,1-8H3. The second-order valence-electron chi connectivity index (χ2n) is 13.7. The highest BCUT2D eigenvalue weighted by molar-refractivity contribution is 6.53. The van der Waals surface area contributed by atoms with E-state index in [4.69, 9.17) is 60.6 Å². The predicted molar refractivity (Wildman–Crippen MR) is 214 cm³/mol. The summed E-state index contributed by atoms with van der Waals surface area (Å²) in [6, 6.07) is 32.0. The number of rotatable bonds is 10. The van der Waals surface area contributed by atoms with E-state index in [9.17, 15) is 4.79 Å². The zero-order valence-corrected chi connectivity index (χ0v) is 33.3. The number of nitrogens with zero attached hydrogens (tertiary/aromatic N) is 2. The summed E-state index contributed by atoms with van der Waals surface area (Å²) in [4.78, 5) is 18.8. The zero-order chi connectivity index (χ0) is 37.7. The number of cyclic esters (lactones) is 1. The third-order valence-electron chi connectivity index (χ3n) is 10.7. The van der Waals surface area contributed by atoms with E-state index in [0.717, 1.165) is 33.6 Å². The van der Waals surface area contributed by atoms with Crippen LogP contribution in [0, 0.1) is 0 Å². The highest BCUT2D eigenvalue weighted by Crippen LogP contribution is 2.67. The Balaban J connectivity index is 1.88. The molecule has 5 aromatic rings. The smallest absolute Gasteiger partial charge is 0.341 e. The van der Waals surface area contributed by atoms with Gasteiger partial charge in [-0.25, -0.2) is 4.79 Å². The van der Waals surface area contributed by atoms with Gasteiger partial charge in [0.25, 0.3) is 0 Å². The predicted octanol–water partition coefficient (Wildman–Crippen LogP) is 10.8. The van der Waals surface area contributed by atoms with Crippen LogP contribution < -0.4 is 19.3 Å². The van der Waals surface area contributed by atoms with Crippen LogP contribution in [0.5, 0.6) is 11.5 Å². The van der Waals surface area contributed by atoms with E-state index in [0.29, 0.717) is 17.1 Å². The van der Waals surface area contributed by atoms with E-state index in [-0.39, 0.29) is 25.7 Å². The average molecular weight is 779 g/mol. The van der Waals surface area contributed by atoms with Crippen LogP contribution in [0.4, 0.5) is 11.4 Å². The molecule has 0 radical (unpaired) electrons. The molecular weight excluding hydrogens is 738 g/mol. The van der Waals surface area contributed by atoms with Gasteiger partial charge in [-0.3, -0.25) is 0 Å². The first kappa shape index (κ1) is 37.7. The van der Waals surface area contributed by atoms with Gasteiger partial charge in [0, 0.05) is 45.1 Å². The van der Waals surface area contributed by atoms with E-state index < -0.39 is 22.4 Å². The molecule has 2 atom stereocenters. The van der Waals surface area contributed by atoms with Gasteiger partial charge in [-0.15, -0.1) is 0 Å². The Morgan fingerprint density at radius 2 is 0.865 bits per heavy atom. The fourth-order valence-corrected chi connectivity index (χ4v) is 8.84. The van der Waals surface area contributed by atoms with Gasteiger partial charge in [0.2, 0.25) is 0 Å². The van der Waals surface area contributed by atoms with Crippen molar-refractivity contribution in [2.75, 3.05) is 52.2 Å². The quantitative estimate of drug-likeness (QED) is 0.0800. The summed E-state index contributed by atoms with van der Waals surface area (Å²) >= 11 is 28.0. The molecule has 1 aliphatic rings. The van der Waals surface area contributed by atoms with Crippen molar-refractivity contribution in [2.45, 2.75) is 30.3 Å². The summed E-state index contributed by atoms with van der Waals surface area (Å²) in [5.41, 5.74) is 1.61. The lowest BCUT2D eigenvalue weighted by Crippen LogP contribution is -2.61. The van der Waals surface area contributed by atoms with Gasteiger partial charge in [0.1, 0.15) is 11.5 Å². The fourth-order valence-electron chi connectivity index (χ4n) is 7.78. The van der Waals surface area contributed by atoms with Crippen LogP contribution in [0.1, 0.15) is 52.0 Å². The van der Waals surface area contributed by atoms with Crippen molar-refractivity contribution >= 4 is 63.7 Å². The first-order valence-corrected chi connectivity index (χ1v) is 18.1. The summed E-state index contributed by atoms with van der Waals surface area (Å²) in [7, 11) is 11.2. The van der Waals surface area contributed by atoms with Crippen molar-refractivity contribution in [1.29, 1.82) is 0 Å². The number of hydrogen-bond donors (Lipinski definition) is 0. The van der Waals surface area contributed by atoms with Crippen molar-refractivity contribution in [3.63, 3.8) is 0 Å². The van der Waals surface area contributed by atoms with Crippen LogP contribution in [0.3, 0.4) is 0 Å². The van der Waals surface area contributed by atoms with E-state index in [1.165, 1.54) is 0 Å². The molecule has 0 saturated heterocycles. The Kier molecular flexibility index (Phi) is 10.2. The number of fused-ring (bicyclic) bond motifs is 1. The number of anilines is 2. The molecule has 0 aromatic heterocycles. The van der Waals surface area contributed by atoms with Gasteiger partial charge in [0.15, 0.2) is 5.60 Å². The van der Waals surface area contributed by atoms with Crippen LogP contribution in [0.2, 0.25) is 20.1 Å². The maximum absolute atomic E-state index is 14.7. The lowest BCUT2D eigenvalue weighted by molar-refractivity contribution is -0.0806. The van der Waals surface area contributed by atoms with Crippen molar-refractivity contribution < 1.29 is 19.0 Å². The molecule has 5 aromatic carbocycles. The first-order valence-electron chi connectivity index (χ1n) is 16.6. The summed E-state index contributed by atoms with van der Waals surface area (Å²) < 4.78 is 18.3. The molecule has 0 aliphatic carbocycles. The molecule has 0 amide bonds. The third-order valence-corrected chi connectivity index (χ3v) is 12.5. The maximum atomic E-state index is 14.7. The van der Waals surface area contributed by atoms with Gasteiger partial charge >= 0.3 is 5.97 Å². The minimum atomic E-state index is -1.68. The van der Waals surface area contributed by atoms with Gasteiger partial charge in [-0.1, -0.05) is 94.9 Å². The molecule has 6 rings (SSSR count). The van der Waals surface area contributed by atoms with E-state index >= 15 is 0 Å². The molecule has 0 spiro atoms. The maximum Gasteiger partial charge on any atom is 0.341 e. The molecule has 270 valence electrons. The molecule has 10 heteroatoms. The van der Waals surface area contributed by atoms with Crippen molar-refractivity contribution in [3.05, 3.63) is 151 Å². The number of esters is 1. The number of halogens is 4. The molecule has 0 fully saturated rings. The minimum absolute atomic E-state index is 0.0230. The molecule has 0 saturated carbocycles. The van der Waals surface area contributed by atoms with E-state index in [2.05, 4.69) is 38.1 Å². The molecule has 1 aliphatic heterocycles. The first-order chi connectivity index (χ1) is 24.7. The zero-order valence-electron chi connectivity index (χ0n) is 30.3. The number of carbonyl (C=O) groups excluding carboxylic acids is 1. The summed E-state index contributed by atoms with van der Waals surface area (Å²) in [5.74, 6) is 0.662. The van der Waals surface area contributed by atoms with Gasteiger partial charge < -0.3 is 24.0 Å². The van der Waals surface area contributed by atoms with Gasteiger partial charge in [-0.2, -0.15) is 0 Å². The molecular formula is C42H40Cl4N2O4. The van der Waals surface area contributed by atoms with Crippen LogP contribution in [-0.2, 0) is 21.2 Å². The second-order valence-corrected chi connectivity index (χ2v) is 15.2. The number of hydrogen-bond acceptors (Lipinski definition) is 6. The Hall–Kier alpha value is -4.07. The van der Waals surface area contributed by atoms with Gasteiger partial charge in [0.05, 0.1) is 50.7 Å². The average Bonchev–Trinajstić information content (AvgIpc) is 3.50. The van der Waals surface area contributed by atoms with Crippen molar-refractivity contribution in [2.24, 2.45) is 0 Å². The Morgan fingerprint density at radius 1 is 0.538 bits per heavy atom. The third kappa shape index (κ3) is 5.58. The second kappa shape index (κ2) is 14.1. The topological polar surface area (TPSA) is 51.2 Å². The molecule has 2 unspecified atom stereocenters. The van der Waals surface area contributed by atoms with Crippen LogP contribution in [0.15, 0.2) is 97.1 Å².